The first kappa shape index (κ1) is 18.7. The number of nitrogens with one attached hydrogen (secondary N) is 3. The molecule has 2 heterocycles. The summed E-state index contributed by atoms with van der Waals surface area (Å²) in [6, 6.07) is 4.07. The minimum atomic E-state index is -3.24. The lowest BCUT2D eigenvalue weighted by atomic mass is 10.2. The Labute approximate surface area is 157 Å². The van der Waals surface area contributed by atoms with Crippen molar-refractivity contribution in [3.63, 3.8) is 0 Å². The van der Waals surface area contributed by atoms with Crippen molar-refractivity contribution < 1.29 is 17.4 Å². The fourth-order valence-electron chi connectivity index (χ4n) is 2.57. The molecule has 0 aliphatic carbocycles. The van der Waals surface area contributed by atoms with Crippen LogP contribution in [0.1, 0.15) is 12.1 Å². The molecule has 0 spiro atoms. The average molecular weight is 447 g/mol. The largest absolute Gasteiger partial charge is 0.361 e. The number of sulfonamides is 1. The van der Waals surface area contributed by atoms with Crippen LogP contribution in [0.5, 0.6) is 0 Å². The smallest absolute Gasteiger partial charge is 0.211 e. The SMILES string of the molecule is CS(=O)(=O)N1CCC(Nc2nonc2C(=N)Nc2ccc(F)c(Br)c2)C1. The van der Waals surface area contributed by atoms with Gasteiger partial charge in [0, 0.05) is 24.8 Å². The zero-order chi connectivity index (χ0) is 18.9. The maximum atomic E-state index is 13.3. The van der Waals surface area contributed by atoms with Crippen LogP contribution in [0.4, 0.5) is 15.9 Å². The topological polar surface area (TPSA) is 124 Å². The second-order valence-corrected chi connectivity index (χ2v) is 8.68. The van der Waals surface area contributed by atoms with Crippen molar-refractivity contribution in [3.05, 3.63) is 34.2 Å². The van der Waals surface area contributed by atoms with E-state index in [1.54, 1.807) is 0 Å². The second-order valence-electron chi connectivity index (χ2n) is 5.84. The highest BCUT2D eigenvalue weighted by atomic mass is 79.9. The number of halogens is 2. The third-order valence-corrected chi connectivity index (χ3v) is 5.75. The molecule has 1 aliphatic rings. The highest BCUT2D eigenvalue weighted by molar-refractivity contribution is 9.10. The highest BCUT2D eigenvalue weighted by Crippen LogP contribution is 2.22. The number of amidine groups is 1. The van der Waals surface area contributed by atoms with E-state index in [-0.39, 0.29) is 27.9 Å². The lowest BCUT2D eigenvalue weighted by Crippen LogP contribution is -2.31. The Morgan fingerprint density at radius 1 is 1.46 bits per heavy atom. The quantitative estimate of drug-likeness (QED) is 0.472. The van der Waals surface area contributed by atoms with Crippen molar-refractivity contribution in [2.24, 2.45) is 0 Å². The Hall–Kier alpha value is -2.05. The molecule has 1 fully saturated rings. The Balaban J connectivity index is 1.68. The standard InChI is InChI=1S/C14H16BrFN6O3S/c1-26(23,24)22-5-4-9(7-22)19-14-12(20-25-21-14)13(17)18-8-2-3-11(16)10(15)6-8/h2-3,6,9H,4-5,7H2,1H3,(H2,17,18)(H,19,21). The first-order valence-electron chi connectivity index (χ1n) is 7.59. The summed E-state index contributed by atoms with van der Waals surface area (Å²) in [6.07, 6.45) is 1.77. The molecule has 1 saturated heterocycles. The predicted octanol–water partition coefficient (Wildman–Crippen LogP) is 1.85. The van der Waals surface area contributed by atoms with Crippen molar-refractivity contribution in [2.45, 2.75) is 12.5 Å². The van der Waals surface area contributed by atoms with Crippen LogP contribution in [0.25, 0.3) is 0 Å². The third-order valence-electron chi connectivity index (χ3n) is 3.88. The van der Waals surface area contributed by atoms with Gasteiger partial charge in [-0.25, -0.2) is 21.7 Å². The first-order valence-corrected chi connectivity index (χ1v) is 10.2. The summed E-state index contributed by atoms with van der Waals surface area (Å²) in [5.41, 5.74) is 0.629. The molecule has 9 nitrogen and oxygen atoms in total. The zero-order valence-corrected chi connectivity index (χ0v) is 16.1. The zero-order valence-electron chi connectivity index (χ0n) is 13.7. The van der Waals surface area contributed by atoms with E-state index in [1.165, 1.54) is 28.8 Å². The first-order chi connectivity index (χ1) is 12.2. The monoisotopic (exact) mass is 446 g/mol. The van der Waals surface area contributed by atoms with Gasteiger partial charge in [-0.3, -0.25) is 5.41 Å². The fourth-order valence-corrected chi connectivity index (χ4v) is 3.83. The van der Waals surface area contributed by atoms with E-state index in [2.05, 4.69) is 36.9 Å². The van der Waals surface area contributed by atoms with E-state index < -0.39 is 15.8 Å². The van der Waals surface area contributed by atoms with Gasteiger partial charge in [-0.05, 0) is 50.9 Å². The van der Waals surface area contributed by atoms with Gasteiger partial charge in [-0.15, -0.1) is 0 Å². The summed E-state index contributed by atoms with van der Waals surface area (Å²) in [7, 11) is -3.24. The van der Waals surface area contributed by atoms with E-state index in [4.69, 9.17) is 10.0 Å². The lowest BCUT2D eigenvalue weighted by molar-refractivity contribution is 0.307. The Morgan fingerprint density at radius 2 is 2.23 bits per heavy atom. The molecule has 3 N–H and O–H groups in total. The summed E-state index contributed by atoms with van der Waals surface area (Å²) in [5.74, 6) is -0.265. The van der Waals surface area contributed by atoms with E-state index in [1.807, 2.05) is 0 Å². The van der Waals surface area contributed by atoms with Gasteiger partial charge in [0.05, 0.1) is 10.7 Å². The number of rotatable bonds is 5. The Kier molecular flexibility index (Phi) is 5.25. The molecule has 1 atom stereocenters. The molecule has 2 aromatic rings. The van der Waals surface area contributed by atoms with Crippen molar-refractivity contribution in [2.75, 3.05) is 30.0 Å². The summed E-state index contributed by atoms with van der Waals surface area (Å²) >= 11 is 3.08. The molecule has 1 aliphatic heterocycles. The normalized spacial score (nSPS) is 18.0. The van der Waals surface area contributed by atoms with Crippen LogP contribution >= 0.6 is 15.9 Å². The van der Waals surface area contributed by atoms with Gasteiger partial charge in [0.2, 0.25) is 15.8 Å². The van der Waals surface area contributed by atoms with Crippen molar-refractivity contribution in [3.8, 4) is 0 Å². The van der Waals surface area contributed by atoms with Crippen LogP contribution in [0.3, 0.4) is 0 Å². The van der Waals surface area contributed by atoms with Crippen molar-refractivity contribution in [1.82, 2.24) is 14.6 Å². The molecule has 3 rings (SSSR count). The molecule has 0 bridgehead atoms. The van der Waals surface area contributed by atoms with Gasteiger partial charge < -0.3 is 10.6 Å². The van der Waals surface area contributed by atoms with Crippen molar-refractivity contribution >= 4 is 43.3 Å². The van der Waals surface area contributed by atoms with Gasteiger partial charge in [-0.1, -0.05) is 0 Å². The summed E-state index contributed by atoms with van der Waals surface area (Å²) in [5, 5.41) is 21.4. The van der Waals surface area contributed by atoms with Crippen LogP contribution in [-0.2, 0) is 10.0 Å². The third kappa shape index (κ3) is 4.19. The van der Waals surface area contributed by atoms with Crippen LogP contribution < -0.4 is 10.6 Å². The molecular formula is C14H16BrFN6O3S. The van der Waals surface area contributed by atoms with Gasteiger partial charge in [0.25, 0.3) is 0 Å². The highest BCUT2D eigenvalue weighted by Gasteiger charge is 2.30. The van der Waals surface area contributed by atoms with Gasteiger partial charge in [0.1, 0.15) is 5.82 Å². The molecule has 1 unspecified atom stereocenters. The van der Waals surface area contributed by atoms with E-state index in [0.717, 1.165) is 0 Å². The van der Waals surface area contributed by atoms with Gasteiger partial charge in [0.15, 0.2) is 11.5 Å². The molecule has 1 aromatic heterocycles. The molecule has 26 heavy (non-hydrogen) atoms. The molecule has 12 heteroatoms. The van der Waals surface area contributed by atoms with Crippen LogP contribution in [0.2, 0.25) is 0 Å². The molecule has 0 amide bonds. The molecular weight excluding hydrogens is 431 g/mol. The van der Waals surface area contributed by atoms with E-state index in [9.17, 15) is 12.8 Å². The number of hydrogen-bond donors (Lipinski definition) is 3. The minimum absolute atomic E-state index is 0.0924. The lowest BCUT2D eigenvalue weighted by Gasteiger charge is -2.14. The maximum absolute atomic E-state index is 13.3. The molecule has 0 saturated carbocycles. The maximum Gasteiger partial charge on any atom is 0.211 e. The minimum Gasteiger partial charge on any atom is -0.361 e. The summed E-state index contributed by atoms with van der Waals surface area (Å²) in [6.45, 7) is 0.715. The number of nitrogens with zero attached hydrogens (tertiary/aromatic N) is 3. The second kappa shape index (κ2) is 7.29. The van der Waals surface area contributed by atoms with Crippen molar-refractivity contribution in [1.29, 1.82) is 5.41 Å². The number of benzene rings is 1. The van der Waals surface area contributed by atoms with Crippen LogP contribution in [-0.4, -0.2) is 54.3 Å². The molecule has 1 aromatic carbocycles. The number of anilines is 2. The van der Waals surface area contributed by atoms with Crippen LogP contribution in [0, 0.1) is 11.2 Å². The summed E-state index contributed by atoms with van der Waals surface area (Å²) < 4.78 is 42.8. The van der Waals surface area contributed by atoms with E-state index >= 15 is 0 Å². The Morgan fingerprint density at radius 3 is 2.88 bits per heavy atom. The average Bonchev–Trinajstić information content (AvgIpc) is 3.20. The van der Waals surface area contributed by atoms with Crippen LogP contribution in [0.15, 0.2) is 27.3 Å². The summed E-state index contributed by atoms with van der Waals surface area (Å²) in [4.78, 5) is 0. The molecule has 0 radical (unpaired) electrons. The van der Waals surface area contributed by atoms with Gasteiger partial charge in [-0.2, -0.15) is 0 Å². The number of hydrogen-bond acceptors (Lipinski definition) is 7. The van der Waals surface area contributed by atoms with Gasteiger partial charge >= 0.3 is 0 Å². The van der Waals surface area contributed by atoms with E-state index in [0.29, 0.717) is 25.2 Å². The predicted molar refractivity (Wildman–Crippen MR) is 97.3 cm³/mol. The Bertz CT molecular complexity index is 935. The molecule has 140 valence electrons. The number of aromatic nitrogens is 2. The fraction of sp³-hybridized carbons (Fsp3) is 0.357.